The van der Waals surface area contributed by atoms with Crippen molar-refractivity contribution in [2.45, 2.75) is 32.9 Å². The molecule has 7 nitrogen and oxygen atoms in total. The van der Waals surface area contributed by atoms with Crippen LogP contribution in [0.3, 0.4) is 0 Å². The summed E-state index contributed by atoms with van der Waals surface area (Å²) in [4.78, 5) is 27.1. The fraction of sp³-hybridized carbons (Fsp3) is 0.208. The van der Waals surface area contributed by atoms with Crippen LogP contribution in [-0.2, 0) is 9.59 Å². The Morgan fingerprint density at radius 3 is 2.34 bits per heavy atom. The number of ether oxygens (including phenoxy) is 1. The Morgan fingerprint density at radius 2 is 1.78 bits per heavy atom. The zero-order valence-corrected chi connectivity index (χ0v) is 17.7. The van der Waals surface area contributed by atoms with Crippen molar-refractivity contribution in [1.29, 1.82) is 0 Å². The molecule has 3 aromatic rings. The van der Waals surface area contributed by atoms with E-state index in [-0.39, 0.29) is 23.3 Å². The zero-order chi connectivity index (χ0) is 23.0. The van der Waals surface area contributed by atoms with E-state index in [1.807, 2.05) is 13.8 Å². The van der Waals surface area contributed by atoms with Gasteiger partial charge in [-0.15, -0.1) is 0 Å². The van der Waals surface area contributed by atoms with Crippen LogP contribution in [0.1, 0.15) is 36.8 Å². The summed E-state index contributed by atoms with van der Waals surface area (Å²) in [6.07, 6.45) is -0.0239. The van der Waals surface area contributed by atoms with Gasteiger partial charge in [0, 0.05) is 11.6 Å². The topological polar surface area (TPSA) is 92.9 Å². The SMILES string of the molecule is Cc1cc(N2C(=O)C(=O)C(=C(O)c3ccc(OC(C)C)cc3)C2c2ccc(F)cc2)no1. The molecule has 0 saturated carbocycles. The summed E-state index contributed by atoms with van der Waals surface area (Å²) in [5, 5.41) is 14.9. The van der Waals surface area contributed by atoms with Gasteiger partial charge in [0.1, 0.15) is 23.1 Å². The second-order valence-corrected chi connectivity index (χ2v) is 7.71. The van der Waals surface area contributed by atoms with Crippen LogP contribution in [0.15, 0.2) is 64.7 Å². The van der Waals surface area contributed by atoms with Gasteiger partial charge >= 0.3 is 5.91 Å². The summed E-state index contributed by atoms with van der Waals surface area (Å²) < 4.78 is 24.2. The van der Waals surface area contributed by atoms with Crippen molar-refractivity contribution in [3.63, 3.8) is 0 Å². The van der Waals surface area contributed by atoms with E-state index in [4.69, 9.17) is 9.26 Å². The Balaban J connectivity index is 1.85. The number of nitrogens with zero attached hydrogens (tertiary/aromatic N) is 2. The molecule has 1 fully saturated rings. The van der Waals surface area contributed by atoms with Crippen molar-refractivity contribution in [2.75, 3.05) is 4.90 Å². The largest absolute Gasteiger partial charge is 0.507 e. The standard InChI is InChI=1S/C24H21FN2O5/c1-13(2)31-18-10-6-16(7-11-18)22(28)20-21(15-4-8-17(25)9-5-15)27(24(30)23(20)29)19-12-14(3)32-26-19/h4-13,21,28H,1-3H3. The molecule has 2 heterocycles. The van der Waals surface area contributed by atoms with E-state index in [1.54, 1.807) is 31.2 Å². The third-order valence-corrected chi connectivity index (χ3v) is 4.99. The number of amides is 1. The molecule has 8 heteroatoms. The highest BCUT2D eigenvalue weighted by molar-refractivity contribution is 6.51. The van der Waals surface area contributed by atoms with Gasteiger partial charge in [0.2, 0.25) is 0 Å². The van der Waals surface area contributed by atoms with E-state index in [2.05, 4.69) is 5.16 Å². The molecular formula is C24H21FN2O5. The van der Waals surface area contributed by atoms with Crippen LogP contribution < -0.4 is 9.64 Å². The first-order chi connectivity index (χ1) is 15.3. The maximum Gasteiger partial charge on any atom is 0.301 e. The molecule has 0 bridgehead atoms. The lowest BCUT2D eigenvalue weighted by Crippen LogP contribution is -2.29. The highest BCUT2D eigenvalue weighted by Gasteiger charge is 2.48. The average Bonchev–Trinajstić information content (AvgIpc) is 3.29. The third-order valence-electron chi connectivity index (χ3n) is 4.99. The predicted octanol–water partition coefficient (Wildman–Crippen LogP) is 4.54. The van der Waals surface area contributed by atoms with Crippen LogP contribution in [0.2, 0.25) is 0 Å². The minimum atomic E-state index is -1.01. The summed E-state index contributed by atoms with van der Waals surface area (Å²) >= 11 is 0. The summed E-state index contributed by atoms with van der Waals surface area (Å²) in [5.74, 6) is -1.39. The van der Waals surface area contributed by atoms with Gasteiger partial charge in [0.25, 0.3) is 5.78 Å². The van der Waals surface area contributed by atoms with E-state index in [1.165, 1.54) is 30.3 Å². The van der Waals surface area contributed by atoms with Crippen LogP contribution in [0.5, 0.6) is 5.75 Å². The Hall–Kier alpha value is -3.94. The lowest BCUT2D eigenvalue weighted by atomic mass is 9.95. The van der Waals surface area contributed by atoms with Gasteiger partial charge in [0.15, 0.2) is 5.82 Å². The number of aryl methyl sites for hydroxylation is 1. The van der Waals surface area contributed by atoms with Gasteiger partial charge < -0.3 is 14.4 Å². The Bertz CT molecular complexity index is 1200. The van der Waals surface area contributed by atoms with Crippen LogP contribution in [0, 0.1) is 12.7 Å². The molecule has 0 aliphatic carbocycles. The molecule has 2 aromatic carbocycles. The zero-order valence-electron chi connectivity index (χ0n) is 17.7. The van der Waals surface area contributed by atoms with E-state index in [0.717, 1.165) is 4.90 Å². The van der Waals surface area contributed by atoms with E-state index in [9.17, 15) is 19.1 Å². The fourth-order valence-corrected chi connectivity index (χ4v) is 3.62. The molecule has 4 rings (SSSR count). The number of hydrogen-bond acceptors (Lipinski definition) is 6. The molecule has 0 radical (unpaired) electrons. The number of aromatic nitrogens is 1. The second kappa shape index (κ2) is 8.30. The summed E-state index contributed by atoms with van der Waals surface area (Å²) in [5.41, 5.74) is 0.648. The van der Waals surface area contributed by atoms with Crippen molar-refractivity contribution >= 4 is 23.3 Å². The summed E-state index contributed by atoms with van der Waals surface area (Å²) in [6.45, 7) is 5.44. The minimum absolute atomic E-state index is 0.0239. The van der Waals surface area contributed by atoms with E-state index in [0.29, 0.717) is 22.6 Å². The van der Waals surface area contributed by atoms with Gasteiger partial charge in [-0.1, -0.05) is 17.3 Å². The molecule has 1 unspecified atom stereocenters. The van der Waals surface area contributed by atoms with Crippen LogP contribution in [0.25, 0.3) is 5.76 Å². The predicted molar refractivity (Wildman–Crippen MR) is 115 cm³/mol. The van der Waals surface area contributed by atoms with Crippen molar-refractivity contribution in [2.24, 2.45) is 0 Å². The Kier molecular flexibility index (Phi) is 5.52. The number of carbonyl (C=O) groups excluding carboxylic acids is 2. The van der Waals surface area contributed by atoms with Crippen molar-refractivity contribution < 1.29 is 28.3 Å². The van der Waals surface area contributed by atoms with Crippen molar-refractivity contribution in [3.8, 4) is 5.75 Å². The van der Waals surface area contributed by atoms with Crippen LogP contribution in [0.4, 0.5) is 10.2 Å². The molecule has 1 atom stereocenters. The number of benzene rings is 2. The number of hydrogen-bond donors (Lipinski definition) is 1. The second-order valence-electron chi connectivity index (χ2n) is 7.71. The van der Waals surface area contributed by atoms with Gasteiger partial charge in [-0.3, -0.25) is 14.5 Å². The maximum atomic E-state index is 13.6. The number of Topliss-reactive ketones (excluding diaryl/α,β-unsaturated/α-hetero) is 1. The normalized spacial score (nSPS) is 17.9. The average molecular weight is 436 g/mol. The first kappa shape index (κ1) is 21.3. The molecule has 0 spiro atoms. The monoisotopic (exact) mass is 436 g/mol. The van der Waals surface area contributed by atoms with Gasteiger partial charge in [-0.2, -0.15) is 0 Å². The number of rotatable bonds is 5. The van der Waals surface area contributed by atoms with Gasteiger partial charge in [-0.05, 0) is 62.7 Å². The van der Waals surface area contributed by atoms with Crippen molar-refractivity contribution in [1.82, 2.24) is 5.16 Å². The highest BCUT2D eigenvalue weighted by Crippen LogP contribution is 2.42. The lowest BCUT2D eigenvalue weighted by Gasteiger charge is -2.22. The smallest absolute Gasteiger partial charge is 0.301 e. The Labute approximate surface area is 183 Å². The number of halogens is 1. The molecule has 32 heavy (non-hydrogen) atoms. The number of carbonyl (C=O) groups is 2. The fourth-order valence-electron chi connectivity index (χ4n) is 3.62. The third kappa shape index (κ3) is 3.87. The quantitative estimate of drug-likeness (QED) is 0.359. The highest BCUT2D eigenvalue weighted by atomic mass is 19.1. The number of aliphatic hydroxyl groups is 1. The van der Waals surface area contributed by atoms with E-state index < -0.39 is 23.5 Å². The molecule has 1 amide bonds. The number of ketones is 1. The molecule has 1 aliphatic heterocycles. The molecule has 164 valence electrons. The first-order valence-corrected chi connectivity index (χ1v) is 10.0. The summed E-state index contributed by atoms with van der Waals surface area (Å²) in [7, 11) is 0. The molecule has 1 N–H and O–H groups in total. The summed E-state index contributed by atoms with van der Waals surface area (Å²) in [6, 6.07) is 12.4. The molecule has 1 aromatic heterocycles. The van der Waals surface area contributed by atoms with Gasteiger partial charge in [-0.25, -0.2) is 4.39 Å². The lowest BCUT2D eigenvalue weighted by molar-refractivity contribution is -0.132. The minimum Gasteiger partial charge on any atom is -0.507 e. The van der Waals surface area contributed by atoms with Gasteiger partial charge in [0.05, 0.1) is 17.7 Å². The molecular weight excluding hydrogens is 415 g/mol. The molecule has 1 aliphatic rings. The molecule has 1 saturated heterocycles. The van der Waals surface area contributed by atoms with Crippen LogP contribution in [-0.4, -0.2) is 28.1 Å². The first-order valence-electron chi connectivity index (χ1n) is 10.0. The Morgan fingerprint density at radius 1 is 1.12 bits per heavy atom. The number of aliphatic hydroxyl groups excluding tert-OH is 1. The van der Waals surface area contributed by atoms with Crippen LogP contribution >= 0.6 is 0 Å². The maximum absolute atomic E-state index is 13.6. The number of anilines is 1. The van der Waals surface area contributed by atoms with E-state index >= 15 is 0 Å². The van der Waals surface area contributed by atoms with Crippen molar-refractivity contribution in [3.05, 3.63) is 82.9 Å².